The fourth-order valence-corrected chi connectivity index (χ4v) is 2.31. The third-order valence-corrected chi connectivity index (χ3v) is 3.62. The number of amides is 2. The van der Waals surface area contributed by atoms with E-state index in [2.05, 4.69) is 35.4 Å². The molecule has 2 rings (SSSR count). The van der Waals surface area contributed by atoms with Crippen molar-refractivity contribution < 1.29 is 4.79 Å². The molecule has 0 spiro atoms. The van der Waals surface area contributed by atoms with Crippen LogP contribution in [0.3, 0.4) is 0 Å². The minimum absolute atomic E-state index is 0.155. The minimum atomic E-state index is -0.155. The number of fused-ring (bicyclic) bond motifs is 1. The van der Waals surface area contributed by atoms with E-state index in [-0.39, 0.29) is 6.03 Å². The molecule has 0 saturated heterocycles. The number of rotatable bonds is 6. The van der Waals surface area contributed by atoms with Crippen LogP contribution in [-0.4, -0.2) is 37.1 Å². The highest BCUT2D eigenvalue weighted by Crippen LogP contribution is 2.18. The maximum absolute atomic E-state index is 11.9. The molecule has 0 aliphatic rings. The van der Waals surface area contributed by atoms with E-state index < -0.39 is 0 Å². The third kappa shape index (κ3) is 4.46. The van der Waals surface area contributed by atoms with Gasteiger partial charge in [0.1, 0.15) is 0 Å². The van der Waals surface area contributed by atoms with Crippen LogP contribution >= 0.6 is 0 Å². The fraction of sp³-hybridized carbons (Fsp3) is 0.353. The van der Waals surface area contributed by atoms with Gasteiger partial charge < -0.3 is 15.5 Å². The number of carbonyl (C=O) groups excluding carboxylic acids is 1. The molecule has 4 nitrogen and oxygen atoms in total. The molecule has 2 N–H and O–H groups in total. The zero-order valence-corrected chi connectivity index (χ0v) is 12.7. The average Bonchev–Trinajstić information content (AvgIpc) is 2.51. The SMILES string of the molecule is CCN(CC)CCNC(=O)Nc1ccc2ccccc2c1. The molecule has 2 aromatic rings. The molecule has 0 aliphatic carbocycles. The highest BCUT2D eigenvalue weighted by atomic mass is 16.2. The van der Waals surface area contributed by atoms with Crippen molar-refractivity contribution in [2.24, 2.45) is 0 Å². The lowest BCUT2D eigenvalue weighted by atomic mass is 10.1. The molecule has 0 heterocycles. The van der Waals surface area contributed by atoms with Crippen LogP contribution in [0.4, 0.5) is 10.5 Å². The predicted octanol–water partition coefficient (Wildman–Crippen LogP) is 3.30. The maximum Gasteiger partial charge on any atom is 0.319 e. The number of anilines is 1. The minimum Gasteiger partial charge on any atom is -0.337 e. The van der Waals surface area contributed by atoms with Crippen molar-refractivity contribution in [3.63, 3.8) is 0 Å². The van der Waals surface area contributed by atoms with E-state index in [4.69, 9.17) is 0 Å². The molecule has 0 bridgehead atoms. The standard InChI is InChI=1S/C17H23N3O/c1-3-20(4-2)12-11-18-17(21)19-16-10-9-14-7-5-6-8-15(14)13-16/h5-10,13H,3-4,11-12H2,1-2H3,(H2,18,19,21). The molecule has 112 valence electrons. The smallest absolute Gasteiger partial charge is 0.319 e. The Morgan fingerprint density at radius 1 is 1.05 bits per heavy atom. The van der Waals surface area contributed by atoms with Crippen LogP contribution in [0.5, 0.6) is 0 Å². The number of nitrogens with zero attached hydrogens (tertiary/aromatic N) is 1. The summed E-state index contributed by atoms with van der Waals surface area (Å²) >= 11 is 0. The summed E-state index contributed by atoms with van der Waals surface area (Å²) in [5.41, 5.74) is 0.814. The molecule has 0 atom stereocenters. The van der Waals surface area contributed by atoms with Gasteiger partial charge in [0.25, 0.3) is 0 Å². The Bertz CT molecular complexity index is 593. The van der Waals surface area contributed by atoms with E-state index in [1.54, 1.807) is 0 Å². The number of hydrogen-bond donors (Lipinski definition) is 2. The molecule has 21 heavy (non-hydrogen) atoms. The van der Waals surface area contributed by atoms with Crippen LogP contribution in [0.15, 0.2) is 42.5 Å². The summed E-state index contributed by atoms with van der Waals surface area (Å²) in [5, 5.41) is 8.06. The number of hydrogen-bond acceptors (Lipinski definition) is 2. The van der Waals surface area contributed by atoms with E-state index in [9.17, 15) is 4.79 Å². The van der Waals surface area contributed by atoms with Crippen molar-refractivity contribution in [1.29, 1.82) is 0 Å². The first-order valence-electron chi connectivity index (χ1n) is 7.49. The molecule has 2 amide bonds. The molecule has 2 aromatic carbocycles. The van der Waals surface area contributed by atoms with Crippen LogP contribution in [0.2, 0.25) is 0 Å². The summed E-state index contributed by atoms with van der Waals surface area (Å²) in [5.74, 6) is 0. The Balaban J connectivity index is 1.86. The normalized spacial score (nSPS) is 10.8. The Hall–Kier alpha value is -2.07. The van der Waals surface area contributed by atoms with Gasteiger partial charge in [0.15, 0.2) is 0 Å². The first-order chi connectivity index (χ1) is 10.2. The molecular formula is C17H23N3O. The quantitative estimate of drug-likeness (QED) is 0.855. The van der Waals surface area contributed by atoms with Gasteiger partial charge in [-0.05, 0) is 36.0 Å². The van der Waals surface area contributed by atoms with Gasteiger partial charge in [-0.2, -0.15) is 0 Å². The van der Waals surface area contributed by atoms with Crippen LogP contribution in [0.25, 0.3) is 10.8 Å². The third-order valence-electron chi connectivity index (χ3n) is 3.62. The zero-order valence-electron chi connectivity index (χ0n) is 12.7. The van der Waals surface area contributed by atoms with Crippen molar-refractivity contribution in [3.8, 4) is 0 Å². The summed E-state index contributed by atoms with van der Waals surface area (Å²) in [4.78, 5) is 14.1. The molecule has 0 radical (unpaired) electrons. The van der Waals surface area contributed by atoms with E-state index in [0.717, 1.165) is 30.7 Å². The van der Waals surface area contributed by atoms with E-state index >= 15 is 0 Å². The van der Waals surface area contributed by atoms with Crippen LogP contribution < -0.4 is 10.6 Å². The first-order valence-corrected chi connectivity index (χ1v) is 7.49. The van der Waals surface area contributed by atoms with Crippen molar-refractivity contribution in [2.75, 3.05) is 31.5 Å². The van der Waals surface area contributed by atoms with Crippen molar-refractivity contribution in [2.45, 2.75) is 13.8 Å². The lowest BCUT2D eigenvalue weighted by Gasteiger charge is -2.18. The van der Waals surface area contributed by atoms with Crippen molar-refractivity contribution in [1.82, 2.24) is 10.2 Å². The monoisotopic (exact) mass is 285 g/mol. The number of urea groups is 1. The largest absolute Gasteiger partial charge is 0.337 e. The second-order valence-electron chi connectivity index (χ2n) is 4.97. The summed E-state index contributed by atoms with van der Waals surface area (Å²) in [6.45, 7) is 7.78. The van der Waals surface area contributed by atoms with Gasteiger partial charge in [-0.25, -0.2) is 4.79 Å². The number of benzene rings is 2. The molecule has 0 aliphatic heterocycles. The Morgan fingerprint density at radius 3 is 2.48 bits per heavy atom. The van der Waals surface area contributed by atoms with Gasteiger partial charge in [-0.15, -0.1) is 0 Å². The zero-order chi connectivity index (χ0) is 15.1. The van der Waals surface area contributed by atoms with E-state index in [1.165, 1.54) is 5.39 Å². The molecule has 0 unspecified atom stereocenters. The Kier molecular flexibility index (Phi) is 5.58. The molecule has 0 fully saturated rings. The highest BCUT2D eigenvalue weighted by molar-refractivity contribution is 5.93. The van der Waals surface area contributed by atoms with Gasteiger partial charge in [-0.1, -0.05) is 44.2 Å². The van der Waals surface area contributed by atoms with Gasteiger partial charge >= 0.3 is 6.03 Å². The lowest BCUT2D eigenvalue weighted by Crippen LogP contribution is -2.36. The van der Waals surface area contributed by atoms with Gasteiger partial charge in [0.2, 0.25) is 0 Å². The number of likely N-dealkylation sites (N-methyl/N-ethyl adjacent to an activating group) is 1. The summed E-state index contributed by atoms with van der Waals surface area (Å²) < 4.78 is 0. The fourth-order valence-electron chi connectivity index (χ4n) is 2.31. The number of nitrogens with one attached hydrogen (secondary N) is 2. The molecule has 0 aromatic heterocycles. The Labute approximate surface area is 126 Å². The van der Waals surface area contributed by atoms with Crippen molar-refractivity contribution in [3.05, 3.63) is 42.5 Å². The molecular weight excluding hydrogens is 262 g/mol. The predicted molar refractivity (Wildman–Crippen MR) is 88.8 cm³/mol. The summed E-state index contributed by atoms with van der Waals surface area (Å²) in [7, 11) is 0. The number of carbonyl (C=O) groups is 1. The summed E-state index contributed by atoms with van der Waals surface area (Å²) in [6.07, 6.45) is 0. The maximum atomic E-state index is 11.9. The first kappa shape index (κ1) is 15.3. The lowest BCUT2D eigenvalue weighted by molar-refractivity contribution is 0.248. The van der Waals surface area contributed by atoms with Crippen LogP contribution in [-0.2, 0) is 0 Å². The van der Waals surface area contributed by atoms with Crippen molar-refractivity contribution >= 4 is 22.5 Å². The topological polar surface area (TPSA) is 44.4 Å². The van der Waals surface area contributed by atoms with Crippen LogP contribution in [0, 0.1) is 0 Å². The molecule has 4 heteroatoms. The van der Waals surface area contributed by atoms with Gasteiger partial charge in [0, 0.05) is 18.8 Å². The van der Waals surface area contributed by atoms with E-state index in [1.807, 2.05) is 36.4 Å². The second-order valence-corrected chi connectivity index (χ2v) is 4.97. The van der Waals surface area contributed by atoms with Crippen LogP contribution in [0.1, 0.15) is 13.8 Å². The Morgan fingerprint density at radius 2 is 1.76 bits per heavy atom. The second kappa shape index (κ2) is 7.64. The van der Waals surface area contributed by atoms with E-state index in [0.29, 0.717) is 6.54 Å². The summed E-state index contributed by atoms with van der Waals surface area (Å²) in [6, 6.07) is 13.9. The highest BCUT2D eigenvalue weighted by Gasteiger charge is 2.03. The van der Waals surface area contributed by atoms with Gasteiger partial charge in [-0.3, -0.25) is 0 Å². The van der Waals surface area contributed by atoms with Gasteiger partial charge in [0.05, 0.1) is 0 Å². The average molecular weight is 285 g/mol. The molecule has 0 saturated carbocycles.